The fraction of sp³-hybridized carbons (Fsp3) is 0.133. The Labute approximate surface area is 121 Å². The van der Waals surface area contributed by atoms with Gasteiger partial charge in [0.2, 0.25) is 5.91 Å². The van der Waals surface area contributed by atoms with Gasteiger partial charge in [0, 0.05) is 16.3 Å². The third-order valence-corrected chi connectivity index (χ3v) is 3.84. The van der Waals surface area contributed by atoms with E-state index in [1.807, 2.05) is 19.1 Å². The Morgan fingerprint density at radius 1 is 1.30 bits per heavy atom. The molecular formula is C15H15FN2OS. The molecule has 0 bridgehead atoms. The Morgan fingerprint density at radius 2 is 2.10 bits per heavy atom. The first kappa shape index (κ1) is 14.4. The third kappa shape index (κ3) is 3.99. The Hall–Kier alpha value is -2.01. The van der Waals surface area contributed by atoms with Crippen LogP contribution in [0.25, 0.3) is 0 Å². The van der Waals surface area contributed by atoms with Crippen LogP contribution in [0, 0.1) is 12.7 Å². The van der Waals surface area contributed by atoms with Gasteiger partial charge >= 0.3 is 0 Å². The molecule has 0 aliphatic heterocycles. The van der Waals surface area contributed by atoms with Crippen molar-refractivity contribution in [3.8, 4) is 0 Å². The van der Waals surface area contributed by atoms with E-state index < -0.39 is 0 Å². The maximum absolute atomic E-state index is 13.0. The zero-order valence-electron chi connectivity index (χ0n) is 11.0. The van der Waals surface area contributed by atoms with Crippen LogP contribution >= 0.6 is 11.8 Å². The molecular weight excluding hydrogens is 275 g/mol. The molecule has 0 atom stereocenters. The maximum Gasteiger partial charge on any atom is 0.234 e. The van der Waals surface area contributed by atoms with Crippen LogP contribution in [0.3, 0.4) is 0 Å². The lowest BCUT2D eigenvalue weighted by Gasteiger charge is -2.07. The number of rotatable bonds is 4. The molecule has 2 rings (SSSR count). The average Bonchev–Trinajstić information content (AvgIpc) is 2.37. The third-order valence-electron chi connectivity index (χ3n) is 2.67. The minimum Gasteiger partial charge on any atom is -0.399 e. The zero-order valence-corrected chi connectivity index (χ0v) is 11.8. The molecule has 20 heavy (non-hydrogen) atoms. The molecule has 0 fully saturated rings. The monoisotopic (exact) mass is 290 g/mol. The normalized spacial score (nSPS) is 10.3. The minimum absolute atomic E-state index is 0.170. The van der Waals surface area contributed by atoms with Gasteiger partial charge < -0.3 is 11.1 Å². The highest BCUT2D eigenvalue weighted by Gasteiger charge is 2.06. The summed E-state index contributed by atoms with van der Waals surface area (Å²) in [6.45, 7) is 1.95. The van der Waals surface area contributed by atoms with E-state index in [9.17, 15) is 9.18 Å². The SMILES string of the molecule is Cc1cc(N)ccc1SCC(=O)Nc1cccc(F)c1. The highest BCUT2D eigenvalue weighted by molar-refractivity contribution is 8.00. The topological polar surface area (TPSA) is 55.1 Å². The van der Waals surface area contributed by atoms with Crippen molar-refractivity contribution in [3.63, 3.8) is 0 Å². The Balaban J connectivity index is 1.92. The number of carbonyl (C=O) groups excluding carboxylic acids is 1. The fourth-order valence-corrected chi connectivity index (χ4v) is 2.55. The van der Waals surface area contributed by atoms with Crippen LogP contribution in [-0.4, -0.2) is 11.7 Å². The Bertz CT molecular complexity index is 631. The number of anilines is 2. The standard InChI is InChI=1S/C15H15FN2OS/c1-10-7-12(17)5-6-14(10)20-9-15(19)18-13-4-2-3-11(16)8-13/h2-8H,9,17H2,1H3,(H,18,19). The molecule has 2 aromatic carbocycles. The van der Waals surface area contributed by atoms with E-state index in [1.165, 1.54) is 23.9 Å². The number of thioether (sulfide) groups is 1. The molecule has 5 heteroatoms. The van der Waals surface area contributed by atoms with Gasteiger partial charge in [-0.15, -0.1) is 11.8 Å². The lowest BCUT2D eigenvalue weighted by molar-refractivity contribution is -0.113. The van der Waals surface area contributed by atoms with E-state index in [4.69, 9.17) is 5.73 Å². The predicted octanol–water partition coefficient (Wildman–Crippen LogP) is 3.45. The summed E-state index contributed by atoms with van der Waals surface area (Å²) in [7, 11) is 0. The molecule has 0 heterocycles. The van der Waals surface area contributed by atoms with Gasteiger partial charge in [-0.2, -0.15) is 0 Å². The summed E-state index contributed by atoms with van der Waals surface area (Å²) >= 11 is 1.43. The van der Waals surface area contributed by atoms with Crippen molar-refractivity contribution in [1.82, 2.24) is 0 Å². The first-order valence-corrected chi connectivity index (χ1v) is 7.07. The summed E-state index contributed by atoms with van der Waals surface area (Å²) in [6.07, 6.45) is 0. The Morgan fingerprint density at radius 3 is 2.80 bits per heavy atom. The quantitative estimate of drug-likeness (QED) is 0.670. The molecule has 0 aromatic heterocycles. The van der Waals surface area contributed by atoms with Crippen LogP contribution in [0.4, 0.5) is 15.8 Å². The first-order valence-electron chi connectivity index (χ1n) is 6.09. The predicted molar refractivity (Wildman–Crippen MR) is 81.3 cm³/mol. The fourth-order valence-electron chi connectivity index (χ4n) is 1.74. The second-order valence-corrected chi connectivity index (χ2v) is 5.39. The van der Waals surface area contributed by atoms with Crippen LogP contribution in [0.15, 0.2) is 47.4 Å². The van der Waals surface area contributed by atoms with Crippen molar-refractivity contribution in [2.75, 3.05) is 16.8 Å². The number of hydrogen-bond donors (Lipinski definition) is 2. The smallest absolute Gasteiger partial charge is 0.234 e. The first-order chi connectivity index (χ1) is 9.54. The number of carbonyl (C=O) groups is 1. The maximum atomic E-state index is 13.0. The number of benzene rings is 2. The van der Waals surface area contributed by atoms with E-state index in [0.717, 1.165) is 10.5 Å². The second-order valence-electron chi connectivity index (χ2n) is 4.37. The number of hydrogen-bond acceptors (Lipinski definition) is 3. The van der Waals surface area contributed by atoms with Gasteiger partial charge in [0.05, 0.1) is 5.75 Å². The number of aryl methyl sites for hydroxylation is 1. The van der Waals surface area contributed by atoms with E-state index in [0.29, 0.717) is 11.4 Å². The minimum atomic E-state index is -0.371. The van der Waals surface area contributed by atoms with Crippen molar-refractivity contribution < 1.29 is 9.18 Å². The summed E-state index contributed by atoms with van der Waals surface area (Å²) in [5, 5.41) is 2.66. The molecule has 104 valence electrons. The van der Waals surface area contributed by atoms with Gasteiger partial charge in [-0.05, 0) is 48.9 Å². The molecule has 3 N–H and O–H groups in total. The molecule has 0 aliphatic rings. The van der Waals surface area contributed by atoms with Gasteiger partial charge in [0.25, 0.3) is 0 Å². The summed E-state index contributed by atoms with van der Waals surface area (Å²) < 4.78 is 13.0. The molecule has 1 amide bonds. The molecule has 2 aromatic rings. The van der Waals surface area contributed by atoms with E-state index >= 15 is 0 Å². The van der Waals surface area contributed by atoms with E-state index in [2.05, 4.69) is 5.32 Å². The summed E-state index contributed by atoms with van der Waals surface area (Å²) in [4.78, 5) is 12.8. The van der Waals surface area contributed by atoms with Crippen molar-refractivity contribution in [2.45, 2.75) is 11.8 Å². The summed E-state index contributed by atoms with van der Waals surface area (Å²) in [5.74, 6) is -0.275. The molecule has 3 nitrogen and oxygen atoms in total. The van der Waals surface area contributed by atoms with Crippen molar-refractivity contribution in [2.24, 2.45) is 0 Å². The summed E-state index contributed by atoms with van der Waals surface area (Å²) in [6, 6.07) is 11.4. The largest absolute Gasteiger partial charge is 0.399 e. The number of nitrogen functional groups attached to an aromatic ring is 1. The highest BCUT2D eigenvalue weighted by Crippen LogP contribution is 2.24. The molecule has 0 saturated heterocycles. The van der Waals surface area contributed by atoms with Crippen LogP contribution in [-0.2, 0) is 4.79 Å². The summed E-state index contributed by atoms with van der Waals surface area (Å²) in [5.41, 5.74) is 7.88. The molecule has 0 radical (unpaired) electrons. The van der Waals surface area contributed by atoms with E-state index in [-0.39, 0.29) is 17.5 Å². The van der Waals surface area contributed by atoms with Gasteiger partial charge in [0.1, 0.15) is 5.82 Å². The van der Waals surface area contributed by atoms with Gasteiger partial charge in [0.15, 0.2) is 0 Å². The number of nitrogens with one attached hydrogen (secondary N) is 1. The molecule has 0 aliphatic carbocycles. The molecule has 0 unspecified atom stereocenters. The van der Waals surface area contributed by atoms with Crippen LogP contribution in [0.2, 0.25) is 0 Å². The average molecular weight is 290 g/mol. The van der Waals surface area contributed by atoms with Crippen molar-refractivity contribution in [3.05, 3.63) is 53.8 Å². The zero-order chi connectivity index (χ0) is 14.5. The second kappa shape index (κ2) is 6.43. The van der Waals surface area contributed by atoms with Crippen LogP contribution < -0.4 is 11.1 Å². The van der Waals surface area contributed by atoms with Crippen molar-refractivity contribution in [1.29, 1.82) is 0 Å². The Kier molecular flexibility index (Phi) is 4.63. The van der Waals surface area contributed by atoms with Gasteiger partial charge in [-0.25, -0.2) is 4.39 Å². The van der Waals surface area contributed by atoms with Crippen molar-refractivity contribution >= 4 is 29.0 Å². The number of amides is 1. The number of halogens is 1. The lowest BCUT2D eigenvalue weighted by atomic mass is 10.2. The van der Waals surface area contributed by atoms with Gasteiger partial charge in [-0.1, -0.05) is 6.07 Å². The highest BCUT2D eigenvalue weighted by atomic mass is 32.2. The van der Waals surface area contributed by atoms with E-state index in [1.54, 1.807) is 18.2 Å². The number of nitrogens with two attached hydrogens (primary N) is 1. The molecule has 0 spiro atoms. The lowest BCUT2D eigenvalue weighted by Crippen LogP contribution is -2.14. The van der Waals surface area contributed by atoms with Crippen LogP contribution in [0.5, 0.6) is 0 Å². The van der Waals surface area contributed by atoms with Gasteiger partial charge in [-0.3, -0.25) is 4.79 Å². The molecule has 0 saturated carbocycles. The van der Waals surface area contributed by atoms with Crippen LogP contribution in [0.1, 0.15) is 5.56 Å².